The summed E-state index contributed by atoms with van der Waals surface area (Å²) < 4.78 is 0. The molecule has 0 aliphatic rings. The number of hydrogen-bond acceptors (Lipinski definition) is 3. The summed E-state index contributed by atoms with van der Waals surface area (Å²) in [4.78, 5) is 9.45. The van der Waals surface area contributed by atoms with Gasteiger partial charge in [0.05, 0.1) is 0 Å². The van der Waals surface area contributed by atoms with Crippen LogP contribution in [0.2, 0.25) is 0 Å². The van der Waals surface area contributed by atoms with Gasteiger partial charge in [-0.15, -0.1) is 0 Å². The molecule has 8 heavy (non-hydrogen) atoms. The molecule has 0 spiro atoms. The molecule has 55 valence electrons. The first-order valence-corrected chi connectivity index (χ1v) is 1.55. The number of hydrogen-bond donors (Lipinski definition) is 3. The van der Waals surface area contributed by atoms with Crippen LogP contribution in [-0.2, 0) is 21.9 Å². The fourth-order valence-electron chi connectivity index (χ4n) is 0. The molecule has 0 aliphatic carbocycles. The summed E-state index contributed by atoms with van der Waals surface area (Å²) >= 11 is 0. The molecule has 0 heterocycles. The van der Waals surface area contributed by atoms with Gasteiger partial charge in [-0.1, -0.05) is 0 Å². The molecule has 0 saturated carbocycles. The molecule has 0 aromatic rings. The van der Waals surface area contributed by atoms with Crippen molar-refractivity contribution in [1.82, 2.24) is 6.15 Å². The Labute approximate surface area is 58.0 Å². The predicted octanol–water partition coefficient (Wildman–Crippen LogP) is -0.389. The van der Waals surface area contributed by atoms with Crippen LogP contribution in [-0.4, -0.2) is 22.3 Å². The fraction of sp³-hybridized carbons (Fsp3) is 0.667. The zero-order valence-corrected chi connectivity index (χ0v) is 5.33. The smallest absolute Gasteiger partial charge is 0.332 e. The number of aliphatic hydroxyl groups excluding tert-OH is 1. The molecule has 1 unspecified atom stereocenters. The minimum absolute atomic E-state index is 0. The van der Waals surface area contributed by atoms with E-state index in [-0.39, 0.29) is 23.2 Å². The Kier molecular flexibility index (Phi) is 13.5. The van der Waals surface area contributed by atoms with Crippen molar-refractivity contribution in [3.05, 3.63) is 0 Å². The van der Waals surface area contributed by atoms with Crippen molar-refractivity contribution in [2.45, 2.75) is 13.0 Å². The number of carboxylic acids is 1. The molecule has 0 amide bonds. The van der Waals surface area contributed by atoms with Crippen LogP contribution in [0.1, 0.15) is 6.92 Å². The van der Waals surface area contributed by atoms with Gasteiger partial charge in [0.15, 0.2) is 0 Å². The zero-order valence-electron chi connectivity index (χ0n) is 4.39. The summed E-state index contributed by atoms with van der Waals surface area (Å²) in [6.07, 6.45) is -1.23. The van der Waals surface area contributed by atoms with Gasteiger partial charge in [0, 0.05) is 17.1 Å². The van der Waals surface area contributed by atoms with Crippen molar-refractivity contribution in [3.63, 3.8) is 0 Å². The number of aliphatic carboxylic acids is 1. The van der Waals surface area contributed by atoms with Crippen LogP contribution in [0.25, 0.3) is 0 Å². The Morgan fingerprint density at radius 2 is 1.75 bits per heavy atom. The molecule has 1 radical (unpaired) electrons. The molecular weight excluding hydrogens is 162 g/mol. The van der Waals surface area contributed by atoms with E-state index in [9.17, 15) is 4.79 Å². The minimum Gasteiger partial charge on any atom is -0.479 e. The summed E-state index contributed by atoms with van der Waals surface area (Å²) in [5.74, 6) is -1.19. The van der Waals surface area contributed by atoms with Crippen LogP contribution in [0, 0.1) is 0 Å². The maximum absolute atomic E-state index is 9.45. The topological polar surface area (TPSA) is 92.5 Å². The van der Waals surface area contributed by atoms with Crippen molar-refractivity contribution in [2.24, 2.45) is 0 Å². The molecule has 1 atom stereocenters. The van der Waals surface area contributed by atoms with Gasteiger partial charge >= 0.3 is 5.97 Å². The first-order chi connectivity index (χ1) is 2.64. The van der Waals surface area contributed by atoms with Gasteiger partial charge in [0.25, 0.3) is 0 Å². The average molecular weight is 171 g/mol. The Morgan fingerprint density at radius 3 is 1.75 bits per heavy atom. The van der Waals surface area contributed by atoms with Crippen LogP contribution in [0.4, 0.5) is 0 Å². The van der Waals surface area contributed by atoms with Gasteiger partial charge in [0.2, 0.25) is 0 Å². The maximum Gasteiger partial charge on any atom is 0.332 e. The van der Waals surface area contributed by atoms with Crippen LogP contribution in [0.5, 0.6) is 0 Å². The van der Waals surface area contributed by atoms with E-state index in [1.807, 2.05) is 0 Å². The van der Waals surface area contributed by atoms with E-state index in [1.165, 1.54) is 6.92 Å². The zero-order chi connectivity index (χ0) is 5.15. The minimum atomic E-state index is -1.23. The van der Waals surface area contributed by atoms with Gasteiger partial charge < -0.3 is 16.4 Å². The van der Waals surface area contributed by atoms with Gasteiger partial charge in [-0.25, -0.2) is 4.79 Å². The number of rotatable bonds is 1. The third-order valence-corrected chi connectivity index (χ3v) is 0.357. The van der Waals surface area contributed by atoms with Gasteiger partial charge in [0.1, 0.15) is 6.10 Å². The van der Waals surface area contributed by atoms with E-state index >= 15 is 0 Å². The summed E-state index contributed by atoms with van der Waals surface area (Å²) in [5.41, 5.74) is 0. The third-order valence-electron chi connectivity index (χ3n) is 0.357. The number of carboxylic acid groups (broad SMARTS) is 1. The van der Waals surface area contributed by atoms with Crippen molar-refractivity contribution in [3.8, 4) is 0 Å². The summed E-state index contributed by atoms with van der Waals surface area (Å²) in [6.45, 7) is 1.20. The van der Waals surface area contributed by atoms with Crippen molar-refractivity contribution in [1.29, 1.82) is 0 Å². The SMILES string of the molecule is CC(O)C(=O)O.N.[Cu]. The van der Waals surface area contributed by atoms with Crippen molar-refractivity contribution >= 4 is 5.97 Å². The molecule has 5 heteroatoms. The van der Waals surface area contributed by atoms with E-state index in [4.69, 9.17) is 10.2 Å². The van der Waals surface area contributed by atoms with E-state index in [0.717, 1.165) is 0 Å². The molecule has 0 fully saturated rings. The van der Waals surface area contributed by atoms with E-state index in [0.29, 0.717) is 0 Å². The Hall–Kier alpha value is -0.0905. The van der Waals surface area contributed by atoms with Crippen LogP contribution < -0.4 is 6.15 Å². The predicted molar refractivity (Wildman–Crippen MR) is 24.3 cm³/mol. The molecule has 5 N–H and O–H groups in total. The van der Waals surface area contributed by atoms with Gasteiger partial charge in [-0.2, -0.15) is 0 Å². The summed E-state index contributed by atoms with van der Waals surface area (Å²) in [6, 6.07) is 0. The van der Waals surface area contributed by atoms with Crippen LogP contribution >= 0.6 is 0 Å². The fourth-order valence-corrected chi connectivity index (χ4v) is 0. The Balaban J connectivity index is -0.000000125. The van der Waals surface area contributed by atoms with E-state index < -0.39 is 12.1 Å². The Bertz CT molecular complexity index is 65.5. The molecular formula is C3H9CuNO3. The second kappa shape index (κ2) is 6.91. The first-order valence-electron chi connectivity index (χ1n) is 1.55. The Morgan fingerprint density at radius 1 is 1.62 bits per heavy atom. The van der Waals surface area contributed by atoms with Crippen LogP contribution in [0.3, 0.4) is 0 Å². The molecule has 0 rings (SSSR count). The average Bonchev–Trinajstić information content (AvgIpc) is 1.36. The summed E-state index contributed by atoms with van der Waals surface area (Å²) in [5, 5.41) is 15.8. The summed E-state index contributed by atoms with van der Waals surface area (Å²) in [7, 11) is 0. The molecule has 0 aromatic heterocycles. The monoisotopic (exact) mass is 170 g/mol. The van der Waals surface area contributed by atoms with Gasteiger partial charge in [-0.3, -0.25) is 0 Å². The van der Waals surface area contributed by atoms with Crippen molar-refractivity contribution in [2.75, 3.05) is 0 Å². The first kappa shape index (κ1) is 15.7. The molecule has 0 saturated heterocycles. The number of carbonyl (C=O) groups is 1. The molecule has 0 bridgehead atoms. The maximum atomic E-state index is 9.45. The second-order valence-corrected chi connectivity index (χ2v) is 1.01. The van der Waals surface area contributed by atoms with Crippen molar-refractivity contribution < 1.29 is 32.1 Å². The third kappa shape index (κ3) is 9.32. The second-order valence-electron chi connectivity index (χ2n) is 1.01. The standard InChI is InChI=1S/C3H6O3.Cu.H3N/c1-2(4)3(5)6;;/h2,4H,1H3,(H,5,6);;1H3. The van der Waals surface area contributed by atoms with Crippen LogP contribution in [0.15, 0.2) is 0 Å². The normalized spacial score (nSPS) is 10.2. The van der Waals surface area contributed by atoms with E-state index in [2.05, 4.69) is 0 Å². The number of aliphatic hydroxyl groups is 1. The molecule has 4 nitrogen and oxygen atoms in total. The van der Waals surface area contributed by atoms with E-state index in [1.54, 1.807) is 0 Å². The quantitative estimate of drug-likeness (QED) is 0.468. The van der Waals surface area contributed by atoms with Gasteiger partial charge in [-0.05, 0) is 6.92 Å². The molecule has 0 aliphatic heterocycles. The molecule has 0 aromatic carbocycles. The largest absolute Gasteiger partial charge is 0.479 e.